The summed E-state index contributed by atoms with van der Waals surface area (Å²) in [5, 5.41) is 0. The maximum Gasteiger partial charge on any atom is 0.160 e. The molecule has 0 bridgehead atoms. The molecule has 15 heavy (non-hydrogen) atoms. The zero-order valence-electron chi connectivity index (χ0n) is 9.65. The Balaban J connectivity index is 1.78. The molecular weight excluding hydrogens is 188 g/mol. The largest absolute Gasteiger partial charge is 0.352 e. The highest BCUT2D eigenvalue weighted by molar-refractivity contribution is 4.82. The Morgan fingerprint density at radius 3 is 2.20 bits per heavy atom. The van der Waals surface area contributed by atoms with E-state index in [1.54, 1.807) is 0 Å². The van der Waals surface area contributed by atoms with Crippen LogP contribution in [0.2, 0.25) is 0 Å². The number of ether oxygens (including phenoxy) is 2. The first-order chi connectivity index (χ1) is 7.29. The van der Waals surface area contributed by atoms with Crippen molar-refractivity contribution in [1.82, 2.24) is 0 Å². The lowest BCUT2D eigenvalue weighted by Gasteiger charge is -2.36. The van der Waals surface area contributed by atoms with E-state index in [-0.39, 0.29) is 6.29 Å². The van der Waals surface area contributed by atoms with E-state index in [1.807, 2.05) is 6.08 Å². The predicted octanol–water partition coefficient (Wildman–Crippen LogP) is 2.99. The van der Waals surface area contributed by atoms with Gasteiger partial charge in [0, 0.05) is 11.8 Å². The fourth-order valence-electron chi connectivity index (χ4n) is 2.50. The number of rotatable bonds is 2. The molecule has 2 rings (SSSR count). The molecule has 2 nitrogen and oxygen atoms in total. The maximum absolute atomic E-state index is 5.76. The summed E-state index contributed by atoms with van der Waals surface area (Å²) in [4.78, 5) is 0. The van der Waals surface area contributed by atoms with Gasteiger partial charge in [0.1, 0.15) is 0 Å². The number of hydrogen-bond acceptors (Lipinski definition) is 2. The van der Waals surface area contributed by atoms with Gasteiger partial charge in [-0.3, -0.25) is 0 Å². The molecule has 0 unspecified atom stereocenters. The molecular formula is C13H22O2. The molecule has 1 heterocycles. The standard InChI is InChI=1S/C13H22O2/c1-3-11-8-14-13(15-9-11)12-6-4-10(2)5-7-12/h3,10-13H,1,4-9H2,2H3. The van der Waals surface area contributed by atoms with Crippen LogP contribution in [0.4, 0.5) is 0 Å². The Morgan fingerprint density at radius 2 is 1.67 bits per heavy atom. The molecule has 1 aliphatic carbocycles. The average molecular weight is 210 g/mol. The molecule has 86 valence electrons. The molecule has 0 aromatic rings. The highest BCUT2D eigenvalue weighted by Crippen LogP contribution is 2.33. The van der Waals surface area contributed by atoms with E-state index in [2.05, 4.69) is 13.5 Å². The van der Waals surface area contributed by atoms with Crippen LogP contribution >= 0.6 is 0 Å². The Hall–Kier alpha value is -0.340. The van der Waals surface area contributed by atoms with E-state index in [1.165, 1.54) is 25.7 Å². The van der Waals surface area contributed by atoms with Gasteiger partial charge in [0.15, 0.2) is 6.29 Å². The summed E-state index contributed by atoms with van der Waals surface area (Å²) in [7, 11) is 0. The second kappa shape index (κ2) is 5.13. The van der Waals surface area contributed by atoms with Gasteiger partial charge in [-0.2, -0.15) is 0 Å². The minimum absolute atomic E-state index is 0.0636. The minimum atomic E-state index is 0.0636. The summed E-state index contributed by atoms with van der Waals surface area (Å²) in [5.74, 6) is 1.92. The van der Waals surface area contributed by atoms with Gasteiger partial charge in [-0.15, -0.1) is 6.58 Å². The van der Waals surface area contributed by atoms with Crippen LogP contribution in [0.25, 0.3) is 0 Å². The van der Waals surface area contributed by atoms with Crippen molar-refractivity contribution < 1.29 is 9.47 Å². The summed E-state index contributed by atoms with van der Waals surface area (Å²) in [6.07, 6.45) is 7.19. The highest BCUT2D eigenvalue weighted by atomic mass is 16.7. The van der Waals surface area contributed by atoms with Crippen molar-refractivity contribution in [3.05, 3.63) is 12.7 Å². The van der Waals surface area contributed by atoms with Crippen LogP contribution in [0.3, 0.4) is 0 Å². The monoisotopic (exact) mass is 210 g/mol. The van der Waals surface area contributed by atoms with Crippen molar-refractivity contribution in [1.29, 1.82) is 0 Å². The summed E-state index contributed by atoms with van der Waals surface area (Å²) in [5.41, 5.74) is 0. The molecule has 2 aliphatic rings. The van der Waals surface area contributed by atoms with Crippen molar-refractivity contribution in [3.63, 3.8) is 0 Å². The molecule has 0 N–H and O–H groups in total. The fraction of sp³-hybridized carbons (Fsp3) is 0.846. The zero-order chi connectivity index (χ0) is 10.7. The number of hydrogen-bond donors (Lipinski definition) is 0. The van der Waals surface area contributed by atoms with Gasteiger partial charge in [-0.25, -0.2) is 0 Å². The molecule has 0 atom stereocenters. The Morgan fingerprint density at radius 1 is 1.07 bits per heavy atom. The van der Waals surface area contributed by atoms with Gasteiger partial charge in [0.25, 0.3) is 0 Å². The van der Waals surface area contributed by atoms with Crippen LogP contribution in [-0.4, -0.2) is 19.5 Å². The third-order valence-corrected chi connectivity index (χ3v) is 3.73. The van der Waals surface area contributed by atoms with E-state index in [9.17, 15) is 0 Å². The quantitative estimate of drug-likeness (QED) is 0.652. The van der Waals surface area contributed by atoms with Crippen LogP contribution < -0.4 is 0 Å². The molecule has 1 saturated carbocycles. The van der Waals surface area contributed by atoms with Gasteiger partial charge in [0.05, 0.1) is 13.2 Å². The SMILES string of the molecule is C=CC1COC(C2CCC(C)CC2)OC1. The topological polar surface area (TPSA) is 18.5 Å². The van der Waals surface area contributed by atoms with E-state index in [0.717, 1.165) is 19.1 Å². The maximum atomic E-state index is 5.76. The van der Waals surface area contributed by atoms with Crippen LogP contribution in [0, 0.1) is 17.8 Å². The van der Waals surface area contributed by atoms with Gasteiger partial charge < -0.3 is 9.47 Å². The lowest BCUT2D eigenvalue weighted by Crippen LogP contribution is -2.37. The summed E-state index contributed by atoms with van der Waals surface area (Å²) in [6.45, 7) is 7.70. The van der Waals surface area contributed by atoms with Crippen molar-refractivity contribution in [2.24, 2.45) is 17.8 Å². The van der Waals surface area contributed by atoms with Crippen molar-refractivity contribution in [3.8, 4) is 0 Å². The molecule has 0 amide bonds. The first-order valence-electron chi connectivity index (χ1n) is 6.15. The minimum Gasteiger partial charge on any atom is -0.352 e. The lowest BCUT2D eigenvalue weighted by molar-refractivity contribution is -0.222. The first-order valence-corrected chi connectivity index (χ1v) is 6.15. The summed E-state index contributed by atoms with van der Waals surface area (Å²) < 4.78 is 11.5. The highest BCUT2D eigenvalue weighted by Gasteiger charge is 2.30. The van der Waals surface area contributed by atoms with Crippen molar-refractivity contribution >= 4 is 0 Å². The van der Waals surface area contributed by atoms with E-state index >= 15 is 0 Å². The second-order valence-corrected chi connectivity index (χ2v) is 5.05. The summed E-state index contributed by atoms with van der Waals surface area (Å²) >= 11 is 0. The van der Waals surface area contributed by atoms with Gasteiger partial charge in [-0.1, -0.05) is 25.8 Å². The van der Waals surface area contributed by atoms with Crippen molar-refractivity contribution in [2.75, 3.05) is 13.2 Å². The fourth-order valence-corrected chi connectivity index (χ4v) is 2.50. The molecule has 0 radical (unpaired) electrons. The Bertz CT molecular complexity index is 199. The molecule has 0 spiro atoms. The van der Waals surface area contributed by atoms with E-state index in [4.69, 9.17) is 9.47 Å². The average Bonchev–Trinajstić information content (AvgIpc) is 2.30. The first kappa shape index (κ1) is 11.2. The van der Waals surface area contributed by atoms with Crippen molar-refractivity contribution in [2.45, 2.75) is 38.9 Å². The van der Waals surface area contributed by atoms with Crippen LogP contribution in [0.5, 0.6) is 0 Å². The molecule has 2 fully saturated rings. The zero-order valence-corrected chi connectivity index (χ0v) is 9.65. The normalized spacial score (nSPS) is 42.5. The molecule has 1 saturated heterocycles. The second-order valence-electron chi connectivity index (χ2n) is 5.05. The third kappa shape index (κ3) is 2.82. The van der Waals surface area contributed by atoms with Crippen LogP contribution in [0.1, 0.15) is 32.6 Å². The van der Waals surface area contributed by atoms with Crippen LogP contribution in [0.15, 0.2) is 12.7 Å². The van der Waals surface area contributed by atoms with E-state index < -0.39 is 0 Å². The van der Waals surface area contributed by atoms with Gasteiger partial charge in [-0.05, 0) is 18.8 Å². The van der Waals surface area contributed by atoms with Gasteiger partial charge in [0.2, 0.25) is 0 Å². The predicted molar refractivity (Wildman–Crippen MR) is 60.5 cm³/mol. The third-order valence-electron chi connectivity index (χ3n) is 3.73. The smallest absolute Gasteiger partial charge is 0.160 e. The van der Waals surface area contributed by atoms with E-state index in [0.29, 0.717) is 11.8 Å². The van der Waals surface area contributed by atoms with Crippen LogP contribution in [-0.2, 0) is 9.47 Å². The molecule has 1 aliphatic heterocycles. The molecule has 0 aromatic heterocycles. The lowest BCUT2D eigenvalue weighted by atomic mass is 9.82. The Kier molecular flexibility index (Phi) is 3.81. The summed E-state index contributed by atoms with van der Waals surface area (Å²) in [6, 6.07) is 0. The molecule has 2 heteroatoms. The van der Waals surface area contributed by atoms with Gasteiger partial charge >= 0.3 is 0 Å². The Labute approximate surface area is 92.6 Å². The molecule has 0 aromatic carbocycles.